The van der Waals surface area contributed by atoms with E-state index in [1.807, 2.05) is 24.1 Å². The predicted octanol–water partition coefficient (Wildman–Crippen LogP) is 2.24. The lowest BCUT2D eigenvalue weighted by Crippen LogP contribution is -2.01. The Hall–Kier alpha value is -1.33. The minimum Gasteiger partial charge on any atom is -0.233 e. The number of benzene rings is 1. The summed E-state index contributed by atoms with van der Waals surface area (Å²) in [5.74, 6) is 2.03. The first kappa shape index (κ1) is 7.33. The minimum atomic E-state index is 0.844. The van der Waals surface area contributed by atoms with E-state index >= 15 is 0 Å². The molecule has 60 valence electrons. The van der Waals surface area contributed by atoms with E-state index in [2.05, 4.69) is 6.07 Å². The Morgan fingerprint density at radius 2 is 2.00 bits per heavy atom. The van der Waals surface area contributed by atoms with Crippen LogP contribution in [0.15, 0.2) is 24.3 Å². The first-order valence-corrected chi connectivity index (χ1v) is 4.24. The summed E-state index contributed by atoms with van der Waals surface area (Å²) >= 11 is 0. The second-order valence-electron chi connectivity index (χ2n) is 3.09. The van der Waals surface area contributed by atoms with Gasteiger partial charge in [-0.1, -0.05) is 24.3 Å². The number of aryl methyl sites for hydroxylation is 1. The molecule has 0 aliphatic heterocycles. The number of rotatable bonds is 0. The molecule has 0 radical (unpaired) electrons. The van der Waals surface area contributed by atoms with Crippen LogP contribution >= 0.6 is 0 Å². The molecule has 1 aliphatic rings. The van der Waals surface area contributed by atoms with Crippen LogP contribution in [-0.2, 0) is 11.2 Å². The standard InChI is InChI=1S/C11H10O/c12-8-10-6-3-5-9-4-1-2-7-11(9)10/h1-2,4,7H,3,5-6H2. The number of allylic oxidation sites excluding steroid dienone is 1. The van der Waals surface area contributed by atoms with Gasteiger partial charge in [-0.15, -0.1) is 0 Å². The van der Waals surface area contributed by atoms with Gasteiger partial charge in [-0.3, -0.25) is 0 Å². The lowest BCUT2D eigenvalue weighted by atomic mass is 9.88. The van der Waals surface area contributed by atoms with Crippen LogP contribution < -0.4 is 0 Å². The van der Waals surface area contributed by atoms with Crippen LogP contribution in [0.2, 0.25) is 0 Å². The maximum Gasteiger partial charge on any atom is 0.128 e. The normalized spacial score (nSPS) is 15.2. The molecule has 0 unspecified atom stereocenters. The zero-order valence-corrected chi connectivity index (χ0v) is 6.84. The van der Waals surface area contributed by atoms with Gasteiger partial charge in [0.05, 0.1) is 0 Å². The third-order valence-electron chi connectivity index (χ3n) is 2.34. The van der Waals surface area contributed by atoms with Crippen molar-refractivity contribution in [2.45, 2.75) is 19.3 Å². The van der Waals surface area contributed by atoms with E-state index in [0.29, 0.717) is 0 Å². The van der Waals surface area contributed by atoms with Crippen LogP contribution in [0.1, 0.15) is 24.0 Å². The van der Waals surface area contributed by atoms with Gasteiger partial charge >= 0.3 is 0 Å². The highest BCUT2D eigenvalue weighted by Crippen LogP contribution is 2.27. The van der Waals surface area contributed by atoms with Gasteiger partial charge in [-0.25, -0.2) is 4.79 Å². The molecule has 0 bridgehead atoms. The third-order valence-corrected chi connectivity index (χ3v) is 2.34. The van der Waals surface area contributed by atoms with Gasteiger partial charge in [0.15, 0.2) is 0 Å². The second-order valence-corrected chi connectivity index (χ2v) is 3.09. The topological polar surface area (TPSA) is 17.1 Å². The lowest BCUT2D eigenvalue weighted by Gasteiger charge is -2.15. The summed E-state index contributed by atoms with van der Waals surface area (Å²) in [5, 5.41) is 0. The molecule has 0 amide bonds. The van der Waals surface area contributed by atoms with E-state index in [9.17, 15) is 4.79 Å². The molecule has 0 N–H and O–H groups in total. The molecule has 1 heteroatoms. The van der Waals surface area contributed by atoms with Gasteiger partial charge in [0.25, 0.3) is 0 Å². The van der Waals surface area contributed by atoms with Crippen LogP contribution in [0, 0.1) is 0 Å². The van der Waals surface area contributed by atoms with E-state index < -0.39 is 0 Å². The van der Waals surface area contributed by atoms with E-state index in [1.54, 1.807) is 0 Å². The van der Waals surface area contributed by atoms with E-state index in [4.69, 9.17) is 0 Å². The summed E-state index contributed by atoms with van der Waals surface area (Å²) < 4.78 is 0. The second kappa shape index (κ2) is 2.96. The highest BCUT2D eigenvalue weighted by molar-refractivity contribution is 5.89. The molecule has 1 nitrogen and oxygen atoms in total. The average Bonchev–Trinajstić information content (AvgIpc) is 2.17. The summed E-state index contributed by atoms with van der Waals surface area (Å²) in [5.41, 5.74) is 3.25. The Balaban J connectivity index is 2.58. The van der Waals surface area contributed by atoms with Crippen LogP contribution in [0.25, 0.3) is 5.57 Å². The predicted molar refractivity (Wildman–Crippen MR) is 48.5 cm³/mol. The smallest absolute Gasteiger partial charge is 0.128 e. The number of hydrogen-bond donors (Lipinski definition) is 0. The molecule has 0 saturated carbocycles. The molecule has 0 spiro atoms. The van der Waals surface area contributed by atoms with Crippen molar-refractivity contribution in [3.63, 3.8) is 0 Å². The minimum absolute atomic E-state index is 0.844. The molecule has 12 heavy (non-hydrogen) atoms. The fourth-order valence-electron chi connectivity index (χ4n) is 1.73. The number of carbonyl (C=O) groups excluding carboxylic acids is 1. The van der Waals surface area contributed by atoms with Crippen LogP contribution in [0.4, 0.5) is 0 Å². The van der Waals surface area contributed by atoms with Gasteiger partial charge in [0.1, 0.15) is 5.94 Å². The summed E-state index contributed by atoms with van der Waals surface area (Å²) in [6.07, 6.45) is 3.07. The number of hydrogen-bond acceptors (Lipinski definition) is 1. The highest BCUT2D eigenvalue weighted by Gasteiger charge is 2.13. The Kier molecular flexibility index (Phi) is 1.81. The SMILES string of the molecule is O=C=C1CCCc2ccccc21. The van der Waals surface area contributed by atoms with E-state index in [-0.39, 0.29) is 0 Å². The molecule has 0 aromatic heterocycles. The summed E-state index contributed by atoms with van der Waals surface area (Å²) in [4.78, 5) is 10.6. The molecular weight excluding hydrogens is 148 g/mol. The van der Waals surface area contributed by atoms with Crippen LogP contribution in [-0.4, -0.2) is 5.94 Å². The van der Waals surface area contributed by atoms with Gasteiger partial charge in [-0.05, 0) is 30.4 Å². The van der Waals surface area contributed by atoms with Crippen molar-refractivity contribution in [1.29, 1.82) is 0 Å². The molecule has 0 atom stereocenters. The van der Waals surface area contributed by atoms with Crippen molar-refractivity contribution >= 4 is 11.5 Å². The average molecular weight is 158 g/mol. The van der Waals surface area contributed by atoms with Gasteiger partial charge in [0, 0.05) is 5.57 Å². The maximum absolute atomic E-state index is 10.6. The lowest BCUT2D eigenvalue weighted by molar-refractivity contribution is 0.568. The molecular formula is C11H10O. The maximum atomic E-state index is 10.6. The molecule has 1 aromatic carbocycles. The Morgan fingerprint density at radius 3 is 2.83 bits per heavy atom. The zero-order valence-electron chi connectivity index (χ0n) is 6.84. The quantitative estimate of drug-likeness (QED) is 0.529. The largest absolute Gasteiger partial charge is 0.233 e. The molecule has 0 saturated heterocycles. The van der Waals surface area contributed by atoms with Crippen molar-refractivity contribution < 1.29 is 4.79 Å². The van der Waals surface area contributed by atoms with Crippen molar-refractivity contribution in [2.75, 3.05) is 0 Å². The highest BCUT2D eigenvalue weighted by atomic mass is 16.1. The number of fused-ring (bicyclic) bond motifs is 1. The Bertz CT molecular complexity index is 346. The summed E-state index contributed by atoms with van der Waals surface area (Å²) in [6.45, 7) is 0. The van der Waals surface area contributed by atoms with Crippen molar-refractivity contribution in [3.8, 4) is 0 Å². The monoisotopic (exact) mass is 158 g/mol. The molecule has 0 fully saturated rings. The Morgan fingerprint density at radius 1 is 1.17 bits per heavy atom. The van der Waals surface area contributed by atoms with E-state index in [0.717, 1.165) is 30.4 Å². The van der Waals surface area contributed by atoms with Crippen LogP contribution in [0.3, 0.4) is 0 Å². The fourth-order valence-corrected chi connectivity index (χ4v) is 1.73. The molecule has 0 heterocycles. The first-order chi connectivity index (χ1) is 5.92. The first-order valence-electron chi connectivity index (χ1n) is 4.24. The zero-order chi connectivity index (χ0) is 8.39. The van der Waals surface area contributed by atoms with E-state index in [1.165, 1.54) is 5.56 Å². The van der Waals surface area contributed by atoms with Gasteiger partial charge < -0.3 is 0 Å². The summed E-state index contributed by atoms with van der Waals surface area (Å²) in [7, 11) is 0. The van der Waals surface area contributed by atoms with Crippen molar-refractivity contribution in [2.24, 2.45) is 0 Å². The van der Waals surface area contributed by atoms with Crippen molar-refractivity contribution in [3.05, 3.63) is 35.4 Å². The summed E-state index contributed by atoms with van der Waals surface area (Å²) in [6, 6.07) is 8.09. The third kappa shape index (κ3) is 1.09. The Labute approximate surface area is 71.7 Å². The van der Waals surface area contributed by atoms with Gasteiger partial charge in [-0.2, -0.15) is 0 Å². The molecule has 1 aromatic rings. The molecule has 1 aliphatic carbocycles. The van der Waals surface area contributed by atoms with Crippen molar-refractivity contribution in [1.82, 2.24) is 0 Å². The van der Waals surface area contributed by atoms with Gasteiger partial charge in [0.2, 0.25) is 0 Å². The van der Waals surface area contributed by atoms with Crippen LogP contribution in [0.5, 0.6) is 0 Å². The molecule has 2 rings (SSSR count). The fraction of sp³-hybridized carbons (Fsp3) is 0.273.